The summed E-state index contributed by atoms with van der Waals surface area (Å²) in [6, 6.07) is 10.2. The summed E-state index contributed by atoms with van der Waals surface area (Å²) < 4.78 is 32.7. The highest BCUT2D eigenvalue weighted by Crippen LogP contribution is 2.47. The van der Waals surface area contributed by atoms with Gasteiger partial charge in [-0.05, 0) is 57.2 Å². The van der Waals surface area contributed by atoms with Gasteiger partial charge in [0.15, 0.2) is 0 Å². The lowest BCUT2D eigenvalue weighted by Gasteiger charge is -2.33. The van der Waals surface area contributed by atoms with Crippen LogP contribution in [0.4, 0.5) is 14.6 Å². The Bertz CT molecular complexity index is 1500. The molecule has 3 heterocycles. The van der Waals surface area contributed by atoms with Gasteiger partial charge in [0.25, 0.3) is 5.56 Å². The molecule has 3 aromatic rings. The highest BCUT2D eigenvalue weighted by molar-refractivity contribution is 5.87. The highest BCUT2D eigenvalue weighted by atomic mass is 19.3. The third kappa shape index (κ3) is 5.34. The van der Waals surface area contributed by atoms with Crippen molar-refractivity contribution >= 4 is 16.9 Å². The van der Waals surface area contributed by atoms with E-state index >= 15 is 8.78 Å². The zero-order valence-electron chi connectivity index (χ0n) is 23.3. The van der Waals surface area contributed by atoms with Gasteiger partial charge in [0, 0.05) is 24.2 Å². The largest absolute Gasteiger partial charge is 0.384 e. The van der Waals surface area contributed by atoms with Crippen molar-refractivity contribution < 1.29 is 13.9 Å². The molecule has 40 heavy (non-hydrogen) atoms. The maximum Gasteiger partial charge on any atom is 0.300 e. The number of benzene rings is 1. The van der Waals surface area contributed by atoms with E-state index in [2.05, 4.69) is 21.4 Å². The third-order valence-corrected chi connectivity index (χ3v) is 8.51. The quantitative estimate of drug-likeness (QED) is 0.372. The van der Waals surface area contributed by atoms with Crippen LogP contribution in [0.15, 0.2) is 35.1 Å². The Morgan fingerprint density at radius 3 is 2.42 bits per heavy atom. The molecule has 1 atom stereocenters. The van der Waals surface area contributed by atoms with Crippen molar-refractivity contribution in [3.05, 3.63) is 63.2 Å². The SMILES string of the molecule is Cc1nc2c3cc(C4(C#N)CC4)c(=O)n(c3n1)CCCCCCCCCC(C)(O)C(F)(F)c1cccc(c1)CN2. The summed E-state index contributed by atoms with van der Waals surface area (Å²) in [6.07, 6.45) is 7.14. The summed E-state index contributed by atoms with van der Waals surface area (Å²) >= 11 is 0. The molecule has 0 saturated heterocycles. The van der Waals surface area contributed by atoms with E-state index in [1.54, 1.807) is 29.7 Å². The zero-order valence-corrected chi connectivity index (χ0v) is 23.3. The van der Waals surface area contributed by atoms with E-state index in [4.69, 9.17) is 0 Å². The van der Waals surface area contributed by atoms with Gasteiger partial charge in [-0.15, -0.1) is 0 Å². The molecule has 0 spiro atoms. The number of aromatic nitrogens is 3. The minimum atomic E-state index is -3.41. The number of fused-ring (bicyclic) bond motifs is 2. The Morgan fingerprint density at radius 2 is 1.73 bits per heavy atom. The van der Waals surface area contributed by atoms with Crippen molar-refractivity contribution in [1.29, 1.82) is 5.26 Å². The molecule has 212 valence electrons. The van der Waals surface area contributed by atoms with Gasteiger partial charge in [-0.1, -0.05) is 56.7 Å². The second-order valence-corrected chi connectivity index (χ2v) is 11.7. The molecule has 1 fully saturated rings. The van der Waals surface area contributed by atoms with Gasteiger partial charge < -0.3 is 10.4 Å². The molecule has 0 amide bonds. The maximum atomic E-state index is 15.5. The second kappa shape index (κ2) is 10.9. The number of halogens is 2. The van der Waals surface area contributed by atoms with Crippen molar-refractivity contribution in [2.45, 2.75) is 108 Å². The van der Waals surface area contributed by atoms with Gasteiger partial charge in [0.1, 0.15) is 22.9 Å². The molecule has 5 rings (SSSR count). The molecule has 2 aromatic heterocycles. The molecule has 0 radical (unpaired) electrons. The Morgan fingerprint density at radius 1 is 1.02 bits per heavy atom. The molecule has 6 bridgehead atoms. The lowest BCUT2D eigenvalue weighted by Crippen LogP contribution is -2.43. The summed E-state index contributed by atoms with van der Waals surface area (Å²) in [4.78, 5) is 22.9. The molecule has 9 heteroatoms. The second-order valence-electron chi connectivity index (χ2n) is 11.7. The predicted molar refractivity (Wildman–Crippen MR) is 150 cm³/mol. The van der Waals surface area contributed by atoms with E-state index in [0.717, 1.165) is 38.5 Å². The lowest BCUT2D eigenvalue weighted by atomic mass is 9.86. The molecule has 1 saturated carbocycles. The number of aliphatic hydroxyl groups is 1. The zero-order chi connectivity index (χ0) is 28.5. The van der Waals surface area contributed by atoms with Crippen LogP contribution in [0.1, 0.15) is 93.6 Å². The number of pyridine rings is 1. The van der Waals surface area contributed by atoms with E-state index < -0.39 is 16.9 Å². The van der Waals surface area contributed by atoms with Gasteiger partial charge in [-0.3, -0.25) is 9.36 Å². The number of aryl methyl sites for hydroxylation is 2. The van der Waals surface area contributed by atoms with E-state index in [-0.39, 0.29) is 24.1 Å². The standard InChI is InChI=1S/C31H37F2N5O2/c1-21-36-26-24-18-25(30(20-34)14-15-30)28(39)38(27(24)37-21)16-9-7-5-3-4-6-8-13-29(2,40)31(32,33)23-12-10-11-22(17-23)19-35-26/h10-12,17-18,40H,3-9,13-16,19H2,1-2H3,(H,35,36,37). The fourth-order valence-electron chi connectivity index (χ4n) is 5.76. The Hall–Kier alpha value is -3.38. The number of nitriles is 1. The van der Waals surface area contributed by atoms with Crippen LogP contribution < -0.4 is 10.9 Å². The topological polar surface area (TPSA) is 104 Å². The number of nitrogens with one attached hydrogen (secondary N) is 1. The fraction of sp³-hybridized carbons (Fsp3) is 0.548. The van der Waals surface area contributed by atoms with Gasteiger partial charge in [-0.25, -0.2) is 9.97 Å². The van der Waals surface area contributed by atoms with Crippen LogP contribution in [-0.2, 0) is 24.4 Å². The van der Waals surface area contributed by atoms with Crippen LogP contribution in [-0.4, -0.2) is 25.2 Å². The Kier molecular flexibility index (Phi) is 7.66. The minimum Gasteiger partial charge on any atom is -0.384 e. The van der Waals surface area contributed by atoms with Crippen LogP contribution in [0.25, 0.3) is 11.0 Å². The van der Waals surface area contributed by atoms with Gasteiger partial charge in [0.05, 0.1) is 16.9 Å². The number of alkyl halides is 2. The van der Waals surface area contributed by atoms with Crippen LogP contribution in [0.3, 0.4) is 0 Å². The fourth-order valence-corrected chi connectivity index (χ4v) is 5.76. The van der Waals surface area contributed by atoms with Gasteiger partial charge in [-0.2, -0.15) is 14.0 Å². The van der Waals surface area contributed by atoms with Crippen LogP contribution in [0.5, 0.6) is 0 Å². The smallest absolute Gasteiger partial charge is 0.300 e. The average Bonchev–Trinajstić information content (AvgIpc) is 3.72. The van der Waals surface area contributed by atoms with E-state index in [9.17, 15) is 15.2 Å². The first-order valence-corrected chi connectivity index (χ1v) is 14.4. The summed E-state index contributed by atoms with van der Waals surface area (Å²) in [7, 11) is 0. The third-order valence-electron chi connectivity index (χ3n) is 8.51. The van der Waals surface area contributed by atoms with Crippen molar-refractivity contribution in [2.75, 3.05) is 5.32 Å². The Labute approximate surface area is 233 Å². The van der Waals surface area contributed by atoms with E-state index in [0.29, 0.717) is 59.6 Å². The van der Waals surface area contributed by atoms with Crippen molar-refractivity contribution in [2.24, 2.45) is 0 Å². The summed E-state index contributed by atoms with van der Waals surface area (Å²) in [5, 5.41) is 24.6. The number of nitrogens with zero attached hydrogens (tertiary/aromatic N) is 4. The number of hydrogen-bond donors (Lipinski definition) is 2. The summed E-state index contributed by atoms with van der Waals surface area (Å²) in [6.45, 7) is 3.69. The predicted octanol–water partition coefficient (Wildman–Crippen LogP) is 6.24. The molecule has 2 N–H and O–H groups in total. The van der Waals surface area contributed by atoms with Gasteiger partial charge >= 0.3 is 5.92 Å². The molecule has 1 aromatic carbocycles. The first kappa shape index (κ1) is 28.2. The lowest BCUT2D eigenvalue weighted by molar-refractivity contribution is -0.182. The molecular formula is C31H37F2N5O2. The number of hydrogen-bond acceptors (Lipinski definition) is 6. The van der Waals surface area contributed by atoms with E-state index in [1.165, 1.54) is 19.1 Å². The Balaban J connectivity index is 1.59. The average molecular weight is 550 g/mol. The van der Waals surface area contributed by atoms with Crippen LogP contribution in [0.2, 0.25) is 0 Å². The highest BCUT2D eigenvalue weighted by Gasteiger charge is 2.50. The molecule has 7 nitrogen and oxygen atoms in total. The number of rotatable bonds is 1. The molecular weight excluding hydrogens is 512 g/mol. The van der Waals surface area contributed by atoms with Crippen LogP contribution in [0, 0.1) is 18.3 Å². The summed E-state index contributed by atoms with van der Waals surface area (Å²) in [5.74, 6) is -2.44. The monoisotopic (exact) mass is 549 g/mol. The molecule has 1 aliphatic heterocycles. The van der Waals surface area contributed by atoms with Crippen molar-refractivity contribution in [3.8, 4) is 6.07 Å². The van der Waals surface area contributed by atoms with Crippen molar-refractivity contribution in [3.63, 3.8) is 0 Å². The summed E-state index contributed by atoms with van der Waals surface area (Å²) in [5.41, 5.74) is -1.72. The minimum absolute atomic E-state index is 0.0186. The molecule has 1 aliphatic carbocycles. The first-order valence-electron chi connectivity index (χ1n) is 14.4. The van der Waals surface area contributed by atoms with Crippen molar-refractivity contribution in [1.82, 2.24) is 14.5 Å². The molecule has 2 aliphatic rings. The normalized spacial score (nSPS) is 23.2. The number of anilines is 1. The maximum absolute atomic E-state index is 15.5. The van der Waals surface area contributed by atoms with E-state index in [1.807, 2.05) is 0 Å². The molecule has 1 unspecified atom stereocenters. The van der Waals surface area contributed by atoms with Gasteiger partial charge in [0.2, 0.25) is 0 Å². The van der Waals surface area contributed by atoms with Crippen LogP contribution >= 0.6 is 0 Å². The first-order chi connectivity index (χ1) is 19.1.